The fourth-order valence-corrected chi connectivity index (χ4v) is 5.79. The van der Waals surface area contributed by atoms with Crippen LogP contribution in [0.25, 0.3) is 0 Å². The van der Waals surface area contributed by atoms with Gasteiger partial charge in [0.2, 0.25) is 10.0 Å². The van der Waals surface area contributed by atoms with Gasteiger partial charge in [0, 0.05) is 50.1 Å². The van der Waals surface area contributed by atoms with Crippen LogP contribution in [0.15, 0.2) is 41.3 Å². The number of sulfonamides is 1. The molecular weight excluding hydrogens is 456 g/mol. The van der Waals surface area contributed by atoms with Gasteiger partial charge in [-0.2, -0.15) is 4.31 Å². The van der Waals surface area contributed by atoms with Crippen LogP contribution in [0.4, 0.5) is 0 Å². The minimum absolute atomic E-state index is 0.134. The van der Waals surface area contributed by atoms with Crippen molar-refractivity contribution in [3.63, 3.8) is 0 Å². The third-order valence-corrected chi connectivity index (χ3v) is 8.01. The van der Waals surface area contributed by atoms with Gasteiger partial charge in [-0.25, -0.2) is 8.42 Å². The molecule has 1 fully saturated rings. The summed E-state index contributed by atoms with van der Waals surface area (Å²) >= 11 is 6.03. The molecule has 5 rings (SSSR count). The number of hydrogen-bond acceptors (Lipinski definition) is 6. The SMILES string of the molecule is O=C([C@@H]1Cc2cc(Cl)ccc2O1)N1CCN(S(=O)(=O)c2ccc3c(c2)OCCCO3)CC1. The summed E-state index contributed by atoms with van der Waals surface area (Å²) in [6.45, 7) is 2.07. The Morgan fingerprint density at radius 2 is 1.66 bits per heavy atom. The molecule has 0 bridgehead atoms. The van der Waals surface area contributed by atoms with Gasteiger partial charge in [-0.05, 0) is 35.9 Å². The Morgan fingerprint density at radius 3 is 2.44 bits per heavy atom. The lowest BCUT2D eigenvalue weighted by Crippen LogP contribution is -2.53. The summed E-state index contributed by atoms with van der Waals surface area (Å²) in [6, 6.07) is 10.00. The zero-order valence-electron chi connectivity index (χ0n) is 17.3. The van der Waals surface area contributed by atoms with E-state index < -0.39 is 16.1 Å². The first-order chi connectivity index (χ1) is 15.4. The predicted octanol–water partition coefficient (Wildman–Crippen LogP) is 2.34. The Morgan fingerprint density at radius 1 is 0.938 bits per heavy atom. The van der Waals surface area contributed by atoms with Crippen molar-refractivity contribution in [2.45, 2.75) is 23.8 Å². The summed E-state index contributed by atoms with van der Waals surface area (Å²) in [7, 11) is -3.71. The van der Waals surface area contributed by atoms with Crippen LogP contribution in [0.3, 0.4) is 0 Å². The number of benzene rings is 2. The Bertz CT molecular complexity index is 1150. The van der Waals surface area contributed by atoms with E-state index in [9.17, 15) is 13.2 Å². The number of halogens is 1. The van der Waals surface area contributed by atoms with E-state index in [4.69, 9.17) is 25.8 Å². The monoisotopic (exact) mass is 478 g/mol. The van der Waals surface area contributed by atoms with Crippen molar-refractivity contribution in [3.05, 3.63) is 47.0 Å². The summed E-state index contributed by atoms with van der Waals surface area (Å²) in [4.78, 5) is 14.8. The van der Waals surface area contributed by atoms with Crippen molar-refractivity contribution in [1.82, 2.24) is 9.21 Å². The van der Waals surface area contributed by atoms with Gasteiger partial charge in [-0.1, -0.05) is 11.6 Å². The van der Waals surface area contributed by atoms with Crippen LogP contribution >= 0.6 is 11.6 Å². The van der Waals surface area contributed by atoms with Crippen LogP contribution in [-0.2, 0) is 21.2 Å². The number of amides is 1. The van der Waals surface area contributed by atoms with Crippen LogP contribution in [0.2, 0.25) is 5.02 Å². The molecule has 3 aliphatic rings. The molecule has 1 atom stereocenters. The molecular formula is C22H23ClN2O6S. The van der Waals surface area contributed by atoms with Crippen molar-refractivity contribution in [1.29, 1.82) is 0 Å². The van der Waals surface area contributed by atoms with Crippen molar-refractivity contribution < 1.29 is 27.4 Å². The highest BCUT2D eigenvalue weighted by Crippen LogP contribution is 2.34. The van der Waals surface area contributed by atoms with Crippen molar-refractivity contribution in [2.75, 3.05) is 39.4 Å². The summed E-state index contributed by atoms with van der Waals surface area (Å²) < 4.78 is 44.7. The Kier molecular flexibility index (Phi) is 5.65. The number of fused-ring (bicyclic) bond motifs is 2. The van der Waals surface area contributed by atoms with Crippen LogP contribution in [-0.4, -0.2) is 69.0 Å². The normalized spacial score (nSPS) is 20.9. The van der Waals surface area contributed by atoms with Crippen LogP contribution in [0, 0.1) is 0 Å². The van der Waals surface area contributed by atoms with Gasteiger partial charge in [-0.15, -0.1) is 0 Å². The van der Waals surface area contributed by atoms with Gasteiger partial charge >= 0.3 is 0 Å². The Labute approximate surface area is 191 Å². The molecule has 0 aromatic heterocycles. The molecule has 0 unspecified atom stereocenters. The average Bonchev–Trinajstić information content (AvgIpc) is 3.07. The van der Waals surface area contributed by atoms with Crippen LogP contribution in [0.1, 0.15) is 12.0 Å². The molecule has 2 aromatic rings. The van der Waals surface area contributed by atoms with Gasteiger partial charge in [0.05, 0.1) is 18.1 Å². The lowest BCUT2D eigenvalue weighted by atomic mass is 10.1. The van der Waals surface area contributed by atoms with E-state index in [-0.39, 0.29) is 23.9 Å². The molecule has 3 heterocycles. The van der Waals surface area contributed by atoms with Crippen molar-refractivity contribution >= 4 is 27.5 Å². The van der Waals surface area contributed by atoms with Gasteiger partial charge in [0.25, 0.3) is 5.91 Å². The van der Waals surface area contributed by atoms with Crippen LogP contribution < -0.4 is 14.2 Å². The number of carbonyl (C=O) groups excluding carboxylic acids is 1. The highest BCUT2D eigenvalue weighted by Gasteiger charge is 2.36. The zero-order chi connectivity index (χ0) is 22.3. The number of ether oxygens (including phenoxy) is 3. The lowest BCUT2D eigenvalue weighted by Gasteiger charge is -2.35. The topological polar surface area (TPSA) is 85.4 Å². The average molecular weight is 479 g/mol. The molecule has 170 valence electrons. The summed E-state index contributed by atoms with van der Waals surface area (Å²) in [5, 5.41) is 0.606. The van der Waals surface area contributed by atoms with E-state index in [0.29, 0.717) is 55.0 Å². The molecule has 0 radical (unpaired) electrons. The fraction of sp³-hybridized carbons (Fsp3) is 0.409. The predicted molar refractivity (Wildman–Crippen MR) is 117 cm³/mol. The van der Waals surface area contributed by atoms with Crippen molar-refractivity contribution in [2.24, 2.45) is 0 Å². The molecule has 2 aromatic carbocycles. The summed E-state index contributed by atoms with van der Waals surface area (Å²) in [5.41, 5.74) is 0.909. The van der Waals surface area contributed by atoms with E-state index in [2.05, 4.69) is 0 Å². The molecule has 10 heteroatoms. The van der Waals surface area contributed by atoms with E-state index in [1.807, 2.05) is 6.07 Å². The molecule has 32 heavy (non-hydrogen) atoms. The molecule has 0 aliphatic carbocycles. The van der Waals surface area contributed by atoms with Gasteiger partial charge in [-0.3, -0.25) is 4.79 Å². The first-order valence-electron chi connectivity index (χ1n) is 10.6. The maximum absolute atomic E-state index is 13.2. The minimum Gasteiger partial charge on any atom is -0.490 e. The lowest BCUT2D eigenvalue weighted by molar-refractivity contribution is -0.139. The van der Waals surface area contributed by atoms with Gasteiger partial charge in [0.15, 0.2) is 17.6 Å². The first-order valence-corrected chi connectivity index (χ1v) is 12.4. The first kappa shape index (κ1) is 21.4. The van der Waals surface area contributed by atoms with Crippen LogP contribution in [0.5, 0.6) is 17.2 Å². The van der Waals surface area contributed by atoms with Crippen molar-refractivity contribution in [3.8, 4) is 17.2 Å². The highest BCUT2D eigenvalue weighted by molar-refractivity contribution is 7.89. The molecule has 0 spiro atoms. The Hall–Kier alpha value is -2.49. The molecule has 0 N–H and O–H groups in total. The van der Waals surface area contributed by atoms with E-state index in [0.717, 1.165) is 12.0 Å². The zero-order valence-corrected chi connectivity index (χ0v) is 18.9. The molecule has 8 nitrogen and oxygen atoms in total. The second-order valence-electron chi connectivity index (χ2n) is 7.95. The second kappa shape index (κ2) is 8.46. The smallest absolute Gasteiger partial charge is 0.264 e. The quantitative estimate of drug-likeness (QED) is 0.673. The summed E-state index contributed by atoms with van der Waals surface area (Å²) in [5.74, 6) is 1.53. The minimum atomic E-state index is -3.71. The number of carbonyl (C=O) groups is 1. The molecule has 1 saturated heterocycles. The fourth-order valence-electron chi connectivity index (χ4n) is 4.16. The number of hydrogen-bond donors (Lipinski definition) is 0. The molecule has 3 aliphatic heterocycles. The number of rotatable bonds is 3. The summed E-state index contributed by atoms with van der Waals surface area (Å²) in [6.07, 6.45) is 0.605. The van der Waals surface area contributed by atoms with Gasteiger partial charge in [0.1, 0.15) is 5.75 Å². The van der Waals surface area contributed by atoms with Gasteiger partial charge < -0.3 is 19.1 Å². The molecule has 1 amide bonds. The number of nitrogens with zero attached hydrogens (tertiary/aromatic N) is 2. The second-order valence-corrected chi connectivity index (χ2v) is 10.3. The number of piperazine rings is 1. The Balaban J connectivity index is 1.24. The maximum atomic E-state index is 13.2. The van der Waals surface area contributed by atoms with E-state index in [1.54, 1.807) is 23.1 Å². The highest BCUT2D eigenvalue weighted by atomic mass is 35.5. The van der Waals surface area contributed by atoms with E-state index >= 15 is 0 Å². The standard InChI is InChI=1S/C22H23ClN2O6S/c23-16-2-4-18-15(12-16)13-21(31-18)22(26)24-6-8-25(9-7-24)32(27,28)17-3-5-19-20(14-17)30-11-1-10-29-19/h2-5,12,14,21H,1,6-11,13H2/t21-/m0/s1. The third-order valence-electron chi connectivity index (χ3n) is 5.88. The third kappa shape index (κ3) is 4.00. The molecule has 0 saturated carbocycles. The largest absolute Gasteiger partial charge is 0.490 e. The van der Waals surface area contributed by atoms with E-state index in [1.165, 1.54) is 16.4 Å². The maximum Gasteiger partial charge on any atom is 0.264 e.